The Morgan fingerprint density at radius 1 is 1.05 bits per heavy atom. The molecule has 0 saturated heterocycles. The van der Waals surface area contributed by atoms with Crippen molar-refractivity contribution in [3.63, 3.8) is 0 Å². The molecule has 21 heavy (non-hydrogen) atoms. The van der Waals surface area contributed by atoms with E-state index in [1.165, 1.54) is 24.3 Å². The van der Waals surface area contributed by atoms with E-state index in [1.807, 2.05) is 0 Å². The number of anilines is 1. The van der Waals surface area contributed by atoms with Crippen molar-refractivity contribution in [3.8, 4) is 22.4 Å². The highest BCUT2D eigenvalue weighted by atomic mass is 79.9. The van der Waals surface area contributed by atoms with Crippen LogP contribution in [0.2, 0.25) is 0 Å². The summed E-state index contributed by atoms with van der Waals surface area (Å²) in [6, 6.07) is 10.3. The third kappa shape index (κ3) is 2.42. The number of nitrogens with zero attached hydrogens (tertiary/aromatic N) is 1. The Labute approximate surface area is 127 Å². The molecule has 2 aromatic carbocycles. The quantitative estimate of drug-likeness (QED) is 0.732. The zero-order valence-corrected chi connectivity index (χ0v) is 12.2. The maximum atomic E-state index is 14.1. The zero-order chi connectivity index (χ0) is 15.0. The predicted octanol–water partition coefficient (Wildman–Crippen LogP) is 4.63. The Morgan fingerprint density at radius 3 is 2.52 bits per heavy atom. The van der Waals surface area contributed by atoms with Gasteiger partial charge in [-0.2, -0.15) is 0 Å². The second-order valence-electron chi connectivity index (χ2n) is 4.38. The van der Waals surface area contributed by atoms with Crippen LogP contribution in [0.15, 0.2) is 51.5 Å². The van der Waals surface area contributed by atoms with Crippen LogP contribution in [0, 0.1) is 11.6 Å². The molecule has 6 heteroatoms. The Morgan fingerprint density at radius 2 is 1.81 bits per heavy atom. The molecule has 3 aromatic rings. The van der Waals surface area contributed by atoms with Crippen LogP contribution in [0.25, 0.3) is 22.4 Å². The lowest BCUT2D eigenvalue weighted by Crippen LogP contribution is -1.91. The fourth-order valence-electron chi connectivity index (χ4n) is 2.12. The van der Waals surface area contributed by atoms with Gasteiger partial charge in [-0.1, -0.05) is 23.4 Å². The van der Waals surface area contributed by atoms with Gasteiger partial charge < -0.3 is 10.3 Å². The number of rotatable bonds is 2. The van der Waals surface area contributed by atoms with Crippen molar-refractivity contribution in [1.29, 1.82) is 0 Å². The summed E-state index contributed by atoms with van der Waals surface area (Å²) in [5.41, 5.74) is 7.05. The molecule has 0 atom stereocenters. The molecule has 0 aliphatic heterocycles. The van der Waals surface area contributed by atoms with Gasteiger partial charge in [0.15, 0.2) is 0 Å². The van der Waals surface area contributed by atoms with E-state index in [9.17, 15) is 8.78 Å². The standard InChI is InChI=1S/C15H9BrF2N2O/c16-10-5-2-6-11(18)13(10)14-12(15(19)21-20-14)8-3-1-4-9(17)7-8/h1-7H,19H2. The first-order valence-electron chi connectivity index (χ1n) is 6.03. The molecule has 0 aliphatic rings. The van der Waals surface area contributed by atoms with Crippen LogP contribution in [0.5, 0.6) is 0 Å². The summed E-state index contributed by atoms with van der Waals surface area (Å²) in [6.07, 6.45) is 0. The average molecular weight is 351 g/mol. The molecule has 1 aromatic heterocycles. The van der Waals surface area contributed by atoms with Crippen molar-refractivity contribution < 1.29 is 13.3 Å². The SMILES string of the molecule is Nc1onc(-c2c(F)cccc2Br)c1-c1cccc(F)c1. The lowest BCUT2D eigenvalue weighted by atomic mass is 10.0. The van der Waals surface area contributed by atoms with Gasteiger partial charge in [0.1, 0.15) is 17.3 Å². The van der Waals surface area contributed by atoms with Crippen LogP contribution < -0.4 is 5.73 Å². The normalized spacial score (nSPS) is 10.8. The second kappa shape index (κ2) is 5.29. The highest BCUT2D eigenvalue weighted by Crippen LogP contribution is 2.40. The third-order valence-electron chi connectivity index (χ3n) is 3.03. The van der Waals surface area contributed by atoms with Crippen molar-refractivity contribution in [3.05, 3.63) is 58.6 Å². The molecule has 2 N–H and O–H groups in total. The summed E-state index contributed by atoms with van der Waals surface area (Å²) < 4.78 is 33.0. The molecule has 3 nitrogen and oxygen atoms in total. The number of aromatic nitrogens is 1. The zero-order valence-electron chi connectivity index (χ0n) is 10.6. The van der Waals surface area contributed by atoms with Gasteiger partial charge in [-0.25, -0.2) is 8.78 Å². The molecule has 0 aliphatic carbocycles. The number of benzene rings is 2. The van der Waals surface area contributed by atoms with Crippen LogP contribution in [0.4, 0.5) is 14.7 Å². The average Bonchev–Trinajstić information content (AvgIpc) is 2.80. The van der Waals surface area contributed by atoms with Gasteiger partial charge in [0.25, 0.3) is 0 Å². The van der Waals surface area contributed by atoms with E-state index < -0.39 is 11.6 Å². The van der Waals surface area contributed by atoms with E-state index in [4.69, 9.17) is 10.3 Å². The maximum Gasteiger partial charge on any atom is 0.230 e. The summed E-state index contributed by atoms with van der Waals surface area (Å²) in [5.74, 6) is -0.896. The molecule has 0 saturated carbocycles. The van der Waals surface area contributed by atoms with Gasteiger partial charge in [0.05, 0.1) is 11.1 Å². The smallest absolute Gasteiger partial charge is 0.230 e. The molecule has 0 unspecified atom stereocenters. The Hall–Kier alpha value is -2.21. The lowest BCUT2D eigenvalue weighted by Gasteiger charge is -2.06. The fourth-order valence-corrected chi connectivity index (χ4v) is 2.65. The first kappa shape index (κ1) is 13.8. The van der Waals surface area contributed by atoms with Crippen LogP contribution in [0.3, 0.4) is 0 Å². The van der Waals surface area contributed by atoms with Crippen molar-refractivity contribution >= 4 is 21.8 Å². The van der Waals surface area contributed by atoms with Gasteiger partial charge in [-0.05, 0) is 45.8 Å². The summed E-state index contributed by atoms with van der Waals surface area (Å²) >= 11 is 3.28. The first-order valence-corrected chi connectivity index (χ1v) is 6.82. The molecule has 0 fully saturated rings. The Balaban J connectivity index is 2.27. The minimum Gasteiger partial charge on any atom is -0.367 e. The van der Waals surface area contributed by atoms with E-state index in [0.717, 1.165) is 0 Å². The first-order chi connectivity index (χ1) is 10.1. The number of nitrogen functional groups attached to an aromatic ring is 1. The van der Waals surface area contributed by atoms with E-state index in [2.05, 4.69) is 21.1 Å². The predicted molar refractivity (Wildman–Crippen MR) is 79.4 cm³/mol. The van der Waals surface area contributed by atoms with Crippen molar-refractivity contribution in [2.24, 2.45) is 0 Å². The van der Waals surface area contributed by atoms with Crippen molar-refractivity contribution in [1.82, 2.24) is 5.16 Å². The highest BCUT2D eigenvalue weighted by Gasteiger charge is 2.22. The third-order valence-corrected chi connectivity index (χ3v) is 3.69. The molecule has 0 bridgehead atoms. The van der Waals surface area contributed by atoms with E-state index in [0.29, 0.717) is 15.6 Å². The Bertz CT molecular complexity index is 797. The van der Waals surface area contributed by atoms with Crippen LogP contribution in [-0.2, 0) is 0 Å². The second-order valence-corrected chi connectivity index (χ2v) is 5.23. The summed E-state index contributed by atoms with van der Waals surface area (Å²) in [7, 11) is 0. The molecule has 3 rings (SSSR count). The van der Waals surface area contributed by atoms with Gasteiger partial charge in [0, 0.05) is 4.47 Å². The largest absolute Gasteiger partial charge is 0.367 e. The number of halogens is 3. The van der Waals surface area contributed by atoms with Crippen molar-refractivity contribution in [2.75, 3.05) is 5.73 Å². The minimum atomic E-state index is -0.477. The fraction of sp³-hybridized carbons (Fsp3) is 0. The maximum absolute atomic E-state index is 14.1. The van der Waals surface area contributed by atoms with Crippen LogP contribution >= 0.6 is 15.9 Å². The van der Waals surface area contributed by atoms with Crippen molar-refractivity contribution in [2.45, 2.75) is 0 Å². The molecular formula is C15H9BrF2N2O. The summed E-state index contributed by atoms with van der Waals surface area (Å²) in [5, 5.41) is 3.82. The lowest BCUT2D eigenvalue weighted by molar-refractivity contribution is 0.439. The number of hydrogen-bond acceptors (Lipinski definition) is 3. The molecule has 106 valence electrons. The summed E-state index contributed by atoms with van der Waals surface area (Å²) in [4.78, 5) is 0. The molecule has 1 heterocycles. The topological polar surface area (TPSA) is 52.0 Å². The van der Waals surface area contributed by atoms with Gasteiger partial charge in [0.2, 0.25) is 5.88 Å². The van der Waals surface area contributed by atoms with Crippen LogP contribution in [0.1, 0.15) is 0 Å². The molecule has 0 spiro atoms. The van der Waals surface area contributed by atoms with Gasteiger partial charge >= 0.3 is 0 Å². The van der Waals surface area contributed by atoms with E-state index in [1.54, 1.807) is 18.2 Å². The molecule has 0 radical (unpaired) electrons. The monoisotopic (exact) mass is 350 g/mol. The number of hydrogen-bond donors (Lipinski definition) is 1. The van der Waals surface area contributed by atoms with Gasteiger partial charge in [-0.3, -0.25) is 0 Å². The molecule has 0 amide bonds. The Kier molecular flexibility index (Phi) is 3.47. The van der Waals surface area contributed by atoms with E-state index >= 15 is 0 Å². The van der Waals surface area contributed by atoms with E-state index in [-0.39, 0.29) is 17.1 Å². The van der Waals surface area contributed by atoms with Crippen LogP contribution in [-0.4, -0.2) is 5.16 Å². The number of nitrogens with two attached hydrogens (primary N) is 1. The minimum absolute atomic E-state index is 0.00533. The highest BCUT2D eigenvalue weighted by molar-refractivity contribution is 9.10. The molecular weight excluding hydrogens is 342 g/mol. The summed E-state index contributed by atoms with van der Waals surface area (Å²) in [6.45, 7) is 0. The van der Waals surface area contributed by atoms with Gasteiger partial charge in [-0.15, -0.1) is 0 Å².